The summed E-state index contributed by atoms with van der Waals surface area (Å²) in [7, 11) is 0. The topological polar surface area (TPSA) is 63.6 Å². The maximum Gasteiger partial charge on any atom is 0.335 e. The molecule has 0 aliphatic carbocycles. The molecule has 1 aliphatic heterocycles. The van der Waals surface area contributed by atoms with Gasteiger partial charge in [0.25, 0.3) is 0 Å². The lowest BCUT2D eigenvalue weighted by Crippen LogP contribution is -2.17. The molecule has 0 aromatic rings. The smallest absolute Gasteiger partial charge is 0.335 e. The number of cyclic esters (lactones) is 1. The first-order valence-electron chi connectivity index (χ1n) is 7.23. The molecule has 0 aromatic heterocycles. The fourth-order valence-corrected chi connectivity index (χ4v) is 2.42. The molecule has 0 saturated heterocycles. The summed E-state index contributed by atoms with van der Waals surface area (Å²) in [6, 6.07) is 0. The molecule has 0 unspecified atom stereocenters. The Kier molecular flexibility index (Phi) is 6.60. The van der Waals surface area contributed by atoms with Gasteiger partial charge in [0.05, 0.1) is 5.57 Å². The third-order valence-electron chi connectivity index (χ3n) is 3.58. The first-order valence-corrected chi connectivity index (χ1v) is 7.23. The summed E-state index contributed by atoms with van der Waals surface area (Å²) in [4.78, 5) is 22.4. The molecule has 1 rings (SSSR count). The number of carboxylic acid groups (broad SMARTS) is 1. The number of rotatable bonds is 9. The van der Waals surface area contributed by atoms with E-state index in [4.69, 9.17) is 9.84 Å². The van der Waals surface area contributed by atoms with E-state index < -0.39 is 18.0 Å². The van der Waals surface area contributed by atoms with E-state index in [9.17, 15) is 9.59 Å². The Bertz CT molecular complexity index is 357. The third kappa shape index (κ3) is 4.69. The van der Waals surface area contributed by atoms with Gasteiger partial charge < -0.3 is 9.84 Å². The van der Waals surface area contributed by atoms with Crippen LogP contribution in [0.15, 0.2) is 11.1 Å². The molecular weight excluding hydrogens is 244 g/mol. The Morgan fingerprint density at radius 1 is 1.16 bits per heavy atom. The van der Waals surface area contributed by atoms with Crippen LogP contribution in [0.1, 0.15) is 65.2 Å². The van der Waals surface area contributed by atoms with Crippen molar-refractivity contribution in [2.24, 2.45) is 0 Å². The molecule has 0 saturated carbocycles. The van der Waals surface area contributed by atoms with Crippen molar-refractivity contribution in [1.82, 2.24) is 0 Å². The second-order valence-electron chi connectivity index (χ2n) is 5.15. The zero-order valence-electron chi connectivity index (χ0n) is 11.9. The quantitative estimate of drug-likeness (QED) is 0.514. The van der Waals surface area contributed by atoms with E-state index >= 15 is 0 Å². The zero-order chi connectivity index (χ0) is 14.3. The van der Waals surface area contributed by atoms with E-state index in [0.29, 0.717) is 6.42 Å². The molecule has 0 radical (unpaired) electrons. The van der Waals surface area contributed by atoms with Crippen molar-refractivity contribution < 1.29 is 19.4 Å². The van der Waals surface area contributed by atoms with Crippen LogP contribution >= 0.6 is 0 Å². The molecule has 108 valence electrons. The predicted octanol–water partition coefficient (Wildman–Crippen LogP) is 3.45. The number of unbranched alkanes of at least 4 members (excludes halogenated alkanes) is 6. The normalized spacial score (nSPS) is 18.8. The summed E-state index contributed by atoms with van der Waals surface area (Å²) in [5.41, 5.74) is 0.399. The van der Waals surface area contributed by atoms with Crippen LogP contribution in [0, 0.1) is 0 Å². The van der Waals surface area contributed by atoms with Gasteiger partial charge in [0, 0.05) is 5.57 Å². The van der Waals surface area contributed by atoms with Gasteiger partial charge in [-0.05, 0) is 19.8 Å². The van der Waals surface area contributed by atoms with Crippen LogP contribution in [0.2, 0.25) is 0 Å². The lowest BCUT2D eigenvalue weighted by molar-refractivity contribution is -0.140. The highest BCUT2D eigenvalue weighted by Gasteiger charge is 2.35. The Morgan fingerprint density at radius 2 is 1.74 bits per heavy atom. The first-order chi connectivity index (χ1) is 9.07. The first kappa shape index (κ1) is 15.7. The van der Waals surface area contributed by atoms with E-state index in [1.807, 2.05) is 0 Å². The summed E-state index contributed by atoms with van der Waals surface area (Å²) in [5, 5.41) is 9.08. The van der Waals surface area contributed by atoms with Crippen LogP contribution in [0.5, 0.6) is 0 Å². The van der Waals surface area contributed by atoms with Crippen molar-refractivity contribution in [2.45, 2.75) is 71.3 Å². The minimum Gasteiger partial charge on any atom is -0.478 e. The van der Waals surface area contributed by atoms with Crippen LogP contribution < -0.4 is 0 Å². The average molecular weight is 268 g/mol. The zero-order valence-corrected chi connectivity index (χ0v) is 11.9. The molecule has 1 aliphatic rings. The molecule has 0 amide bonds. The van der Waals surface area contributed by atoms with Crippen LogP contribution in [-0.4, -0.2) is 23.1 Å². The van der Waals surface area contributed by atoms with Crippen molar-refractivity contribution in [2.75, 3.05) is 0 Å². The molecular formula is C15H24O4. The van der Waals surface area contributed by atoms with Crippen molar-refractivity contribution in [3.8, 4) is 0 Å². The summed E-state index contributed by atoms with van der Waals surface area (Å²) in [5.74, 6) is -1.51. The van der Waals surface area contributed by atoms with Crippen LogP contribution in [0.25, 0.3) is 0 Å². The van der Waals surface area contributed by atoms with Gasteiger partial charge in [-0.2, -0.15) is 0 Å². The van der Waals surface area contributed by atoms with Gasteiger partial charge in [-0.15, -0.1) is 0 Å². The van der Waals surface area contributed by atoms with Gasteiger partial charge >= 0.3 is 11.9 Å². The second-order valence-corrected chi connectivity index (χ2v) is 5.15. The maximum atomic E-state index is 11.4. The molecule has 0 bridgehead atoms. The Balaban J connectivity index is 2.26. The molecule has 0 fully saturated rings. The summed E-state index contributed by atoms with van der Waals surface area (Å²) in [6.07, 6.45) is 8.27. The van der Waals surface area contributed by atoms with E-state index in [-0.39, 0.29) is 11.1 Å². The van der Waals surface area contributed by atoms with Crippen molar-refractivity contribution in [3.05, 3.63) is 11.1 Å². The van der Waals surface area contributed by atoms with Gasteiger partial charge in [0.15, 0.2) is 0 Å². The van der Waals surface area contributed by atoms with Gasteiger partial charge in [0.1, 0.15) is 6.10 Å². The Labute approximate surface area is 114 Å². The minimum atomic E-state index is -1.03. The highest BCUT2D eigenvalue weighted by atomic mass is 16.5. The lowest BCUT2D eigenvalue weighted by Gasteiger charge is -2.11. The molecule has 19 heavy (non-hydrogen) atoms. The number of hydrogen-bond donors (Lipinski definition) is 1. The fraction of sp³-hybridized carbons (Fsp3) is 0.733. The SMILES string of the molecule is CCCCCCCCC[C@@H]1OC(=O)C(C)=C1C(=O)O. The Hall–Kier alpha value is -1.32. The van der Waals surface area contributed by atoms with E-state index in [1.165, 1.54) is 39.0 Å². The Morgan fingerprint density at radius 3 is 2.32 bits per heavy atom. The third-order valence-corrected chi connectivity index (χ3v) is 3.58. The monoisotopic (exact) mass is 268 g/mol. The molecule has 4 nitrogen and oxygen atoms in total. The number of carboxylic acids is 1. The summed E-state index contributed by atoms with van der Waals surface area (Å²) < 4.78 is 5.10. The predicted molar refractivity (Wildman–Crippen MR) is 72.8 cm³/mol. The standard InChI is InChI=1S/C15H24O4/c1-3-4-5-6-7-8-9-10-12-13(14(16)17)11(2)15(18)19-12/h12H,3-10H2,1-2H3,(H,16,17)/t12-/m0/s1. The molecule has 1 N–H and O–H groups in total. The number of ether oxygens (including phenoxy) is 1. The molecule has 0 spiro atoms. The van der Waals surface area contributed by atoms with E-state index in [2.05, 4.69) is 6.92 Å². The van der Waals surface area contributed by atoms with Crippen LogP contribution in [-0.2, 0) is 14.3 Å². The van der Waals surface area contributed by atoms with E-state index in [0.717, 1.165) is 12.8 Å². The molecule has 1 heterocycles. The fourth-order valence-electron chi connectivity index (χ4n) is 2.42. The minimum absolute atomic E-state index is 0.149. The van der Waals surface area contributed by atoms with Gasteiger partial charge in [-0.3, -0.25) is 0 Å². The molecule has 0 aromatic carbocycles. The lowest BCUT2D eigenvalue weighted by atomic mass is 10.0. The number of carbonyl (C=O) groups is 2. The largest absolute Gasteiger partial charge is 0.478 e. The van der Waals surface area contributed by atoms with Crippen molar-refractivity contribution >= 4 is 11.9 Å². The van der Waals surface area contributed by atoms with E-state index in [1.54, 1.807) is 0 Å². The van der Waals surface area contributed by atoms with Crippen molar-refractivity contribution in [3.63, 3.8) is 0 Å². The number of hydrogen-bond acceptors (Lipinski definition) is 3. The van der Waals surface area contributed by atoms with Gasteiger partial charge in [-0.25, -0.2) is 9.59 Å². The number of esters is 1. The molecule has 4 heteroatoms. The van der Waals surface area contributed by atoms with Crippen LogP contribution in [0.3, 0.4) is 0 Å². The van der Waals surface area contributed by atoms with Crippen molar-refractivity contribution in [1.29, 1.82) is 0 Å². The van der Waals surface area contributed by atoms with Gasteiger partial charge in [-0.1, -0.05) is 45.4 Å². The molecule has 1 atom stereocenters. The van der Waals surface area contributed by atoms with Crippen LogP contribution in [0.4, 0.5) is 0 Å². The summed E-state index contributed by atoms with van der Waals surface area (Å²) >= 11 is 0. The highest BCUT2D eigenvalue weighted by molar-refractivity contribution is 6.03. The second kappa shape index (κ2) is 7.97. The number of carbonyl (C=O) groups excluding carboxylic acids is 1. The summed E-state index contributed by atoms with van der Waals surface area (Å²) in [6.45, 7) is 3.72. The average Bonchev–Trinajstić information content (AvgIpc) is 2.64. The maximum absolute atomic E-state index is 11.4. The highest BCUT2D eigenvalue weighted by Crippen LogP contribution is 2.26. The number of aliphatic carboxylic acids is 1. The van der Waals surface area contributed by atoms with Gasteiger partial charge in [0.2, 0.25) is 0 Å².